The smallest absolute Gasteiger partial charge is 0.400 e. The Balaban J connectivity index is 0.000000677. The van der Waals surface area contributed by atoms with Gasteiger partial charge in [-0.15, -0.1) is 24.1 Å². The number of fused-ring (bicyclic) bond motifs is 1. The number of thiazole rings is 1. The molecule has 3 aromatic carbocycles. The molecule has 2 aromatic heterocycles. The van der Waals surface area contributed by atoms with E-state index in [2.05, 4.69) is 81.3 Å². The number of pyridine rings is 1. The minimum Gasteiger partial charge on any atom is -0.400 e. The molecule has 1 fully saturated rings. The van der Waals surface area contributed by atoms with Crippen molar-refractivity contribution in [1.82, 2.24) is 19.6 Å². The van der Waals surface area contributed by atoms with Crippen LogP contribution in [0.5, 0.6) is 0 Å². The Morgan fingerprint density at radius 3 is 2.58 bits per heavy atom. The van der Waals surface area contributed by atoms with E-state index in [0.29, 0.717) is 29.9 Å². The van der Waals surface area contributed by atoms with E-state index in [0.717, 1.165) is 47.0 Å². The Labute approximate surface area is 360 Å². The Kier molecular flexibility index (Phi) is 17.4. The molecule has 0 radical (unpaired) electrons. The number of rotatable bonds is 16. The van der Waals surface area contributed by atoms with E-state index in [4.69, 9.17) is 11.7 Å². The summed E-state index contributed by atoms with van der Waals surface area (Å²) in [6, 6.07) is 26.8. The average molecular weight is 757 g/mol. The number of nitrogens with zero attached hydrogens (tertiary/aromatic N) is 4. The predicted octanol–water partition coefficient (Wildman–Crippen LogP) is 6.44. The zero-order chi connectivity index (χ0) is 36.0. The van der Waals surface area contributed by atoms with Crippen molar-refractivity contribution in [1.29, 1.82) is 0 Å². The maximum atomic E-state index is 13.0. The van der Waals surface area contributed by atoms with Crippen molar-refractivity contribution in [3.8, 4) is 0 Å². The maximum Gasteiger partial charge on any atom is 1.00 e. The minimum absolute atomic E-state index is 0. The summed E-state index contributed by atoms with van der Waals surface area (Å²) in [6.07, 6.45) is 10.4. The van der Waals surface area contributed by atoms with Crippen molar-refractivity contribution < 1.29 is 56.2 Å². The summed E-state index contributed by atoms with van der Waals surface area (Å²) in [5.74, 6) is 0.889. The largest absolute Gasteiger partial charge is 1.00 e. The SMILES string of the molecule is Cc1ccccc1.[CH-]=N/C(=C\[CH-]c1cccnc1)Nc1cc(C(=O)NCCCN(CC(C)C)Sc2ccc3nc(NC4CC4)sc3c2)ccc1C.[K+]. The van der Waals surface area contributed by atoms with Gasteiger partial charge in [-0.2, -0.15) is 6.72 Å². The van der Waals surface area contributed by atoms with Gasteiger partial charge in [0.1, 0.15) is 0 Å². The van der Waals surface area contributed by atoms with Crippen LogP contribution in [0.1, 0.15) is 60.2 Å². The van der Waals surface area contributed by atoms with Crippen molar-refractivity contribution in [2.45, 2.75) is 57.9 Å². The number of hydrogen-bond acceptors (Lipinski definition) is 9. The molecule has 3 N–H and O–H groups in total. The van der Waals surface area contributed by atoms with Crippen LogP contribution in [0.25, 0.3) is 10.2 Å². The van der Waals surface area contributed by atoms with Gasteiger partial charge in [0.25, 0.3) is 5.91 Å². The summed E-state index contributed by atoms with van der Waals surface area (Å²) in [6.45, 7) is 16.5. The fourth-order valence-corrected chi connectivity index (χ4v) is 7.30. The van der Waals surface area contributed by atoms with Crippen molar-refractivity contribution in [2.75, 3.05) is 30.3 Å². The molecule has 6 rings (SSSR count). The van der Waals surface area contributed by atoms with Crippen LogP contribution < -0.4 is 67.3 Å². The van der Waals surface area contributed by atoms with Gasteiger partial charge in [0.2, 0.25) is 0 Å². The first kappa shape index (κ1) is 41.7. The van der Waals surface area contributed by atoms with Crippen LogP contribution >= 0.6 is 23.3 Å². The average Bonchev–Trinajstić information content (AvgIpc) is 3.85. The first-order chi connectivity index (χ1) is 24.7. The quantitative estimate of drug-likeness (QED) is 0.0351. The topological polar surface area (TPSA) is 94.5 Å². The van der Waals surface area contributed by atoms with Gasteiger partial charge in [0, 0.05) is 53.8 Å². The molecule has 52 heavy (non-hydrogen) atoms. The molecule has 1 aliphatic rings. The van der Waals surface area contributed by atoms with E-state index in [1.165, 1.54) is 28.0 Å². The number of carbonyl (C=O) groups excluding carboxylic acids is 1. The summed E-state index contributed by atoms with van der Waals surface area (Å²) in [5, 5.41) is 10.8. The van der Waals surface area contributed by atoms with Gasteiger partial charge in [-0.25, -0.2) is 9.29 Å². The molecule has 11 heteroatoms. The number of aryl methyl sites for hydroxylation is 2. The van der Waals surface area contributed by atoms with Gasteiger partial charge in [0.05, 0.1) is 10.2 Å². The third-order valence-electron chi connectivity index (χ3n) is 7.90. The predicted molar refractivity (Wildman–Crippen MR) is 216 cm³/mol. The summed E-state index contributed by atoms with van der Waals surface area (Å²) >= 11 is 3.50. The van der Waals surface area contributed by atoms with Gasteiger partial charge in [-0.3, -0.25) is 4.79 Å². The zero-order valence-electron chi connectivity index (χ0n) is 30.8. The number of allylic oxidation sites excluding steroid dienone is 1. The van der Waals surface area contributed by atoms with E-state index in [1.807, 2.05) is 61.9 Å². The molecule has 1 aliphatic carbocycles. The summed E-state index contributed by atoms with van der Waals surface area (Å²) in [7, 11) is 0. The van der Waals surface area contributed by atoms with Crippen molar-refractivity contribution in [2.24, 2.45) is 10.9 Å². The van der Waals surface area contributed by atoms with E-state index in [9.17, 15) is 4.79 Å². The Morgan fingerprint density at radius 1 is 1.10 bits per heavy atom. The second kappa shape index (κ2) is 21.6. The number of hydrogen-bond donors (Lipinski definition) is 3. The number of aliphatic imine (C=N–C) groups is 1. The van der Waals surface area contributed by atoms with Crippen molar-refractivity contribution in [3.05, 3.63) is 132 Å². The normalized spacial score (nSPS) is 12.5. The third kappa shape index (κ3) is 14.1. The van der Waals surface area contributed by atoms with Crippen LogP contribution in [0.4, 0.5) is 10.8 Å². The van der Waals surface area contributed by atoms with Gasteiger partial charge in [-0.1, -0.05) is 73.2 Å². The van der Waals surface area contributed by atoms with Gasteiger partial charge < -0.3 is 25.9 Å². The van der Waals surface area contributed by atoms with Gasteiger partial charge >= 0.3 is 51.4 Å². The van der Waals surface area contributed by atoms with Crippen LogP contribution in [0, 0.1) is 26.2 Å². The summed E-state index contributed by atoms with van der Waals surface area (Å²) < 4.78 is 3.60. The second-order valence-electron chi connectivity index (χ2n) is 13.0. The van der Waals surface area contributed by atoms with Crippen molar-refractivity contribution in [3.63, 3.8) is 0 Å². The van der Waals surface area contributed by atoms with Crippen LogP contribution in [0.2, 0.25) is 0 Å². The fourth-order valence-electron chi connectivity index (χ4n) is 5.05. The number of aromatic nitrogens is 2. The van der Waals surface area contributed by atoms with Crippen LogP contribution in [-0.2, 0) is 0 Å². The van der Waals surface area contributed by atoms with E-state index in [1.54, 1.807) is 41.8 Å². The molecule has 5 aromatic rings. The van der Waals surface area contributed by atoms with E-state index in [-0.39, 0.29) is 57.3 Å². The molecule has 0 spiro atoms. The van der Waals surface area contributed by atoms with Crippen LogP contribution in [-0.4, -0.2) is 52.6 Å². The van der Waals surface area contributed by atoms with E-state index >= 15 is 0 Å². The Bertz CT molecular complexity index is 1900. The molecule has 8 nitrogen and oxygen atoms in total. The Hall–Kier alpha value is -3.00. The van der Waals surface area contributed by atoms with Gasteiger partial charge in [-0.05, 0) is 93.1 Å². The van der Waals surface area contributed by atoms with Crippen molar-refractivity contribution >= 4 is 56.9 Å². The standard InChI is InChI=1S/C34H39N7OS2.C7H8.K/c1-23(2)22-41(44-28-13-14-29-31(20-28)43-34(40-29)38-27-11-12-27)18-6-17-37-33(42)26-10-8-24(3)30(19-26)39-32(35-4)15-9-25-7-5-16-36-21-25;1-7-5-3-2-4-6-7;/h4-5,7-10,13-16,19-21,23,27,39H,6,11-12,17-18,22H2,1-3H3,(H,37,42)(H,38,40);2-6H,1H3;/q-2;;+1/b32-15+;;. The molecule has 2 heterocycles. The number of anilines is 2. The molecule has 1 amide bonds. The molecule has 0 saturated heterocycles. The fraction of sp³-hybridized carbons (Fsp3) is 0.293. The first-order valence-electron chi connectivity index (χ1n) is 17.4. The minimum atomic E-state index is -0.112. The first-order valence-corrected chi connectivity index (χ1v) is 19.0. The monoisotopic (exact) mass is 756 g/mol. The Morgan fingerprint density at radius 2 is 1.90 bits per heavy atom. The number of amides is 1. The maximum absolute atomic E-state index is 13.0. The van der Waals surface area contributed by atoms with E-state index < -0.39 is 0 Å². The van der Waals surface area contributed by atoms with Gasteiger partial charge in [0.15, 0.2) is 5.13 Å². The number of carbonyl (C=O) groups is 1. The number of nitrogens with one attached hydrogen (secondary N) is 3. The summed E-state index contributed by atoms with van der Waals surface area (Å²) in [5.41, 5.74) is 5.62. The molecule has 0 aliphatic heterocycles. The summed E-state index contributed by atoms with van der Waals surface area (Å²) in [4.78, 5) is 27.0. The second-order valence-corrected chi connectivity index (χ2v) is 15.2. The molecule has 0 unspecified atom stereocenters. The molecular weight excluding hydrogens is 710 g/mol. The molecular formula is C41H47KN7OS2-. The molecule has 0 bridgehead atoms. The zero-order valence-corrected chi connectivity index (χ0v) is 35.6. The molecule has 266 valence electrons. The van der Waals surface area contributed by atoms with Crippen LogP contribution in [0.3, 0.4) is 0 Å². The molecule has 0 atom stereocenters. The third-order valence-corrected chi connectivity index (χ3v) is 9.90. The molecule has 1 saturated carbocycles. The van der Waals surface area contributed by atoms with Crippen LogP contribution in [0.15, 0.2) is 113 Å². The number of benzene rings is 3.